The first kappa shape index (κ1) is 14.0. The van der Waals surface area contributed by atoms with E-state index < -0.39 is 0 Å². The smallest absolute Gasteiger partial charge is 0.0431 e. The van der Waals surface area contributed by atoms with Crippen LogP contribution in [0.4, 0.5) is 0 Å². The molecule has 0 saturated carbocycles. The van der Waals surface area contributed by atoms with Crippen LogP contribution in [0.2, 0.25) is 0 Å². The van der Waals surface area contributed by atoms with E-state index in [1.54, 1.807) is 24.8 Å². The van der Waals surface area contributed by atoms with Crippen molar-refractivity contribution in [1.29, 1.82) is 0 Å². The van der Waals surface area contributed by atoms with Crippen LogP contribution in [0.15, 0.2) is 58.3 Å². The second kappa shape index (κ2) is 7.27. The van der Waals surface area contributed by atoms with Crippen LogP contribution < -0.4 is 10.6 Å². The summed E-state index contributed by atoms with van der Waals surface area (Å²) in [4.78, 5) is 8.58. The molecule has 4 heteroatoms. The Bertz CT molecular complexity index is 418. The third-order valence-corrected chi connectivity index (χ3v) is 2.18. The molecule has 1 aliphatic rings. The van der Waals surface area contributed by atoms with Crippen LogP contribution in [0.25, 0.3) is 0 Å². The fourth-order valence-electron chi connectivity index (χ4n) is 1.43. The number of aliphatic imine (C=N–C) groups is 2. The summed E-state index contributed by atoms with van der Waals surface area (Å²) in [6.07, 6.45) is 11.0. The Labute approximate surface area is 109 Å². The number of nitrogens with one attached hydrogen (secondary N) is 2. The van der Waals surface area contributed by atoms with E-state index in [1.807, 2.05) is 39.8 Å². The topological polar surface area (TPSA) is 48.8 Å². The van der Waals surface area contributed by atoms with E-state index in [1.165, 1.54) is 0 Å². The van der Waals surface area contributed by atoms with Crippen molar-refractivity contribution in [1.82, 2.24) is 10.6 Å². The summed E-state index contributed by atoms with van der Waals surface area (Å²) in [5.74, 6) is 0. The van der Waals surface area contributed by atoms with Gasteiger partial charge < -0.3 is 10.6 Å². The standard InChI is InChI=1S/C14H20N4/c1-11-9-12(2)16-7-8-18-14(4)10-13(3)17-6-5-15-11/h5-10,15,18H,1-4H3/b6-5+,8-7+,11-9+,14-10+,16-12-,17-13+. The molecule has 4 nitrogen and oxygen atoms in total. The van der Waals surface area contributed by atoms with Gasteiger partial charge in [0.1, 0.15) is 0 Å². The highest BCUT2D eigenvalue weighted by molar-refractivity contribution is 5.94. The fourth-order valence-corrected chi connectivity index (χ4v) is 1.43. The number of hydrogen-bond acceptors (Lipinski definition) is 4. The maximum Gasteiger partial charge on any atom is 0.0431 e. The van der Waals surface area contributed by atoms with Gasteiger partial charge in [-0.25, -0.2) is 0 Å². The van der Waals surface area contributed by atoms with Gasteiger partial charge in [-0.15, -0.1) is 0 Å². The molecule has 96 valence electrons. The Balaban J connectivity index is 2.95. The molecule has 0 aromatic carbocycles. The molecule has 1 aliphatic heterocycles. The molecule has 0 spiro atoms. The Morgan fingerprint density at radius 3 is 1.50 bits per heavy atom. The van der Waals surface area contributed by atoms with Gasteiger partial charge >= 0.3 is 0 Å². The minimum Gasteiger partial charge on any atom is -0.364 e. The van der Waals surface area contributed by atoms with E-state index in [2.05, 4.69) is 20.6 Å². The largest absolute Gasteiger partial charge is 0.364 e. The van der Waals surface area contributed by atoms with E-state index >= 15 is 0 Å². The predicted octanol–water partition coefficient (Wildman–Crippen LogP) is 2.85. The molecular weight excluding hydrogens is 224 g/mol. The summed E-state index contributed by atoms with van der Waals surface area (Å²) in [5.41, 5.74) is 3.91. The highest BCUT2D eigenvalue weighted by Gasteiger charge is 1.89. The maximum absolute atomic E-state index is 4.29. The maximum atomic E-state index is 4.29. The van der Waals surface area contributed by atoms with Crippen LogP contribution in [-0.2, 0) is 0 Å². The first-order valence-electron chi connectivity index (χ1n) is 5.86. The van der Waals surface area contributed by atoms with Gasteiger partial charge in [-0.2, -0.15) is 0 Å². The molecule has 2 N–H and O–H groups in total. The first-order valence-corrected chi connectivity index (χ1v) is 5.86. The summed E-state index contributed by atoms with van der Waals surface area (Å²) in [6.45, 7) is 7.88. The van der Waals surface area contributed by atoms with E-state index in [0.717, 1.165) is 22.8 Å². The summed E-state index contributed by atoms with van der Waals surface area (Å²) in [5, 5.41) is 6.26. The molecule has 0 saturated heterocycles. The molecule has 0 unspecified atom stereocenters. The van der Waals surface area contributed by atoms with Gasteiger partial charge in [-0.3, -0.25) is 9.98 Å². The third-order valence-electron chi connectivity index (χ3n) is 2.18. The molecule has 0 radical (unpaired) electrons. The monoisotopic (exact) mass is 244 g/mol. The molecule has 0 bridgehead atoms. The highest BCUT2D eigenvalue weighted by Crippen LogP contribution is 1.94. The van der Waals surface area contributed by atoms with Gasteiger partial charge in [0.25, 0.3) is 0 Å². The van der Waals surface area contributed by atoms with Gasteiger partial charge in [0, 0.05) is 47.6 Å². The summed E-state index contributed by atoms with van der Waals surface area (Å²) in [7, 11) is 0. The van der Waals surface area contributed by atoms with Crippen LogP contribution in [0, 0.1) is 0 Å². The Hall–Kier alpha value is -2.10. The van der Waals surface area contributed by atoms with Gasteiger partial charge in [-0.05, 0) is 39.8 Å². The van der Waals surface area contributed by atoms with Crippen LogP contribution in [0.1, 0.15) is 27.7 Å². The van der Waals surface area contributed by atoms with Crippen molar-refractivity contribution in [2.75, 3.05) is 0 Å². The van der Waals surface area contributed by atoms with Crippen LogP contribution in [0.3, 0.4) is 0 Å². The molecule has 0 amide bonds. The van der Waals surface area contributed by atoms with Gasteiger partial charge in [0.05, 0.1) is 0 Å². The number of allylic oxidation sites excluding steroid dienone is 4. The Morgan fingerprint density at radius 2 is 1.11 bits per heavy atom. The van der Waals surface area contributed by atoms with Crippen molar-refractivity contribution in [3.05, 3.63) is 48.3 Å². The first-order chi connectivity index (χ1) is 8.58. The van der Waals surface area contributed by atoms with Crippen LogP contribution >= 0.6 is 0 Å². The zero-order valence-electron chi connectivity index (χ0n) is 11.4. The quantitative estimate of drug-likeness (QED) is 0.688. The third kappa shape index (κ3) is 5.84. The summed E-state index contributed by atoms with van der Waals surface area (Å²) < 4.78 is 0. The van der Waals surface area contributed by atoms with Gasteiger partial charge in [0.15, 0.2) is 0 Å². The summed E-state index contributed by atoms with van der Waals surface area (Å²) in [6, 6.07) is 0. The number of nitrogens with zero attached hydrogens (tertiary/aromatic N) is 2. The minimum atomic E-state index is 0.935. The second-order valence-corrected chi connectivity index (χ2v) is 4.12. The van der Waals surface area contributed by atoms with Gasteiger partial charge in [-0.1, -0.05) is 0 Å². The average Bonchev–Trinajstić information content (AvgIpc) is 2.29. The zero-order valence-corrected chi connectivity index (χ0v) is 11.4. The van der Waals surface area contributed by atoms with Crippen LogP contribution in [0.5, 0.6) is 0 Å². The van der Waals surface area contributed by atoms with Gasteiger partial charge in [0.2, 0.25) is 0 Å². The summed E-state index contributed by atoms with van der Waals surface area (Å²) >= 11 is 0. The molecule has 0 aromatic rings. The van der Waals surface area contributed by atoms with Crippen molar-refractivity contribution in [2.24, 2.45) is 9.98 Å². The molecule has 0 fully saturated rings. The lowest BCUT2D eigenvalue weighted by molar-refractivity contribution is 1.05. The van der Waals surface area contributed by atoms with Crippen LogP contribution in [-0.4, -0.2) is 11.4 Å². The second-order valence-electron chi connectivity index (χ2n) is 4.12. The molecule has 1 heterocycles. The van der Waals surface area contributed by atoms with E-state index in [-0.39, 0.29) is 0 Å². The molecule has 0 aromatic heterocycles. The van der Waals surface area contributed by atoms with E-state index in [0.29, 0.717) is 0 Å². The molecule has 0 aliphatic carbocycles. The van der Waals surface area contributed by atoms with Crippen molar-refractivity contribution >= 4 is 11.4 Å². The van der Waals surface area contributed by atoms with Crippen molar-refractivity contribution in [3.63, 3.8) is 0 Å². The Morgan fingerprint density at radius 1 is 0.722 bits per heavy atom. The van der Waals surface area contributed by atoms with E-state index in [9.17, 15) is 0 Å². The number of rotatable bonds is 0. The lowest BCUT2D eigenvalue weighted by Gasteiger charge is -2.02. The fraction of sp³-hybridized carbons (Fsp3) is 0.286. The van der Waals surface area contributed by atoms with Crippen molar-refractivity contribution in [3.8, 4) is 0 Å². The van der Waals surface area contributed by atoms with Crippen molar-refractivity contribution < 1.29 is 0 Å². The van der Waals surface area contributed by atoms with Crippen molar-refractivity contribution in [2.45, 2.75) is 27.7 Å². The lowest BCUT2D eigenvalue weighted by Crippen LogP contribution is -2.05. The predicted molar refractivity (Wildman–Crippen MR) is 78.3 cm³/mol. The molecular formula is C14H20N4. The van der Waals surface area contributed by atoms with E-state index in [4.69, 9.17) is 0 Å². The minimum absolute atomic E-state index is 0.935. The average molecular weight is 244 g/mol. The molecule has 18 heavy (non-hydrogen) atoms. The lowest BCUT2D eigenvalue weighted by atomic mass is 10.3. The molecule has 1 rings (SSSR count). The number of hydrogen-bond donors (Lipinski definition) is 2. The Kier molecular flexibility index (Phi) is 5.64. The molecule has 0 atom stereocenters. The zero-order chi connectivity index (χ0) is 13.4. The highest BCUT2D eigenvalue weighted by atomic mass is 14.9. The normalized spacial score (nSPS) is 32.7. The SMILES string of the molecule is CC1=N/C=C/N/C(C)=C/C(C)=N/C=C/N\C(C)=C\1.